The van der Waals surface area contributed by atoms with Gasteiger partial charge in [0.15, 0.2) is 6.10 Å². The second-order valence-electron chi connectivity index (χ2n) is 12.8. The summed E-state index contributed by atoms with van der Waals surface area (Å²) in [7, 11) is 0. The first-order chi connectivity index (χ1) is 21.0. The van der Waals surface area contributed by atoms with Gasteiger partial charge in [0.25, 0.3) is 11.8 Å². The number of aliphatic hydroxyl groups is 1. The van der Waals surface area contributed by atoms with E-state index < -0.39 is 47.5 Å². The van der Waals surface area contributed by atoms with Crippen LogP contribution in [0.2, 0.25) is 0 Å². The molecular weight excluding hydrogens is 562 g/mol. The first kappa shape index (κ1) is 31.6. The summed E-state index contributed by atoms with van der Waals surface area (Å²) < 4.78 is 5.93. The lowest BCUT2D eigenvalue weighted by molar-refractivity contribution is -0.168. The lowest BCUT2D eigenvalue weighted by Gasteiger charge is -2.36. The van der Waals surface area contributed by atoms with E-state index in [9.17, 15) is 24.3 Å². The third-order valence-electron chi connectivity index (χ3n) is 8.98. The number of benzene rings is 1. The Morgan fingerprint density at radius 3 is 2.41 bits per heavy atom. The summed E-state index contributed by atoms with van der Waals surface area (Å²) in [6, 6.07) is 7.74. The van der Waals surface area contributed by atoms with Gasteiger partial charge in [0, 0.05) is 11.9 Å². The fraction of sp³-hybridized carbons (Fsp3) is 0.545. The number of nitrogens with zero attached hydrogens (tertiary/aromatic N) is 2. The van der Waals surface area contributed by atoms with E-state index in [1.54, 1.807) is 20.8 Å². The van der Waals surface area contributed by atoms with E-state index in [-0.39, 0.29) is 17.9 Å². The molecule has 1 saturated carbocycles. The van der Waals surface area contributed by atoms with Gasteiger partial charge in [0.05, 0.1) is 28.8 Å². The minimum atomic E-state index is -1.12. The first-order valence-corrected chi connectivity index (χ1v) is 15.6. The minimum absolute atomic E-state index is 0.245. The molecule has 2 fully saturated rings. The molecule has 1 aromatic carbocycles. The zero-order valence-electron chi connectivity index (χ0n) is 25.8. The molecule has 5 rings (SSSR count). The van der Waals surface area contributed by atoms with Gasteiger partial charge in [0.2, 0.25) is 5.91 Å². The maximum atomic E-state index is 13.9. The highest BCUT2D eigenvalue weighted by Crippen LogP contribution is 2.40. The van der Waals surface area contributed by atoms with Crippen LogP contribution in [0.3, 0.4) is 0 Å². The zero-order valence-corrected chi connectivity index (χ0v) is 25.8. The molecular formula is C33H43N5O6. The van der Waals surface area contributed by atoms with E-state index in [1.165, 1.54) is 5.01 Å². The molecule has 3 amide bonds. The van der Waals surface area contributed by atoms with Gasteiger partial charge >= 0.3 is 5.97 Å². The molecule has 4 atom stereocenters. The van der Waals surface area contributed by atoms with Crippen LogP contribution < -0.4 is 16.1 Å². The zero-order chi connectivity index (χ0) is 31.6. The lowest BCUT2D eigenvalue weighted by Crippen LogP contribution is -2.61. The van der Waals surface area contributed by atoms with Crippen molar-refractivity contribution in [2.45, 2.75) is 96.6 Å². The molecule has 3 aliphatic rings. The number of pyridine rings is 1. The quantitative estimate of drug-likeness (QED) is 0.363. The number of ether oxygens (including phenoxy) is 1. The van der Waals surface area contributed by atoms with Crippen molar-refractivity contribution in [3.05, 3.63) is 47.7 Å². The van der Waals surface area contributed by atoms with Crippen molar-refractivity contribution < 1.29 is 29.0 Å². The second-order valence-corrected chi connectivity index (χ2v) is 12.8. The number of fused-ring (bicyclic) bond motifs is 4. The topological polar surface area (TPSA) is 150 Å². The highest BCUT2D eigenvalue weighted by Gasteiger charge is 2.43. The van der Waals surface area contributed by atoms with Gasteiger partial charge in [-0.25, -0.2) is 5.43 Å². The summed E-state index contributed by atoms with van der Waals surface area (Å²) in [4.78, 5) is 58.7. The molecule has 1 aliphatic carbocycles. The number of cyclic esters (lactones) is 1. The largest absolute Gasteiger partial charge is 0.451 e. The Morgan fingerprint density at radius 1 is 0.977 bits per heavy atom. The van der Waals surface area contributed by atoms with Gasteiger partial charge in [-0.1, -0.05) is 44.2 Å². The number of nitrogens with one attached hydrogen (secondary N) is 3. The van der Waals surface area contributed by atoms with Crippen LogP contribution in [0.5, 0.6) is 0 Å². The van der Waals surface area contributed by atoms with E-state index in [0.29, 0.717) is 50.8 Å². The summed E-state index contributed by atoms with van der Waals surface area (Å²) in [5.41, 5.74) is 4.27. The molecule has 5 bridgehead atoms. The van der Waals surface area contributed by atoms with Crippen LogP contribution in [0.4, 0.5) is 0 Å². The molecule has 236 valence electrons. The third kappa shape index (κ3) is 6.78. The highest BCUT2D eigenvalue weighted by molar-refractivity contribution is 5.92. The first-order valence-electron chi connectivity index (χ1n) is 15.6. The van der Waals surface area contributed by atoms with E-state index in [0.717, 1.165) is 16.5 Å². The number of hydrogen-bond acceptors (Lipinski definition) is 8. The fourth-order valence-electron chi connectivity index (χ4n) is 6.15. The molecule has 0 radical (unpaired) electrons. The summed E-state index contributed by atoms with van der Waals surface area (Å²) in [6.45, 7) is 7.39. The Morgan fingerprint density at radius 2 is 1.68 bits per heavy atom. The highest BCUT2D eigenvalue weighted by atomic mass is 16.5. The molecule has 1 saturated heterocycles. The molecule has 2 aliphatic heterocycles. The summed E-state index contributed by atoms with van der Waals surface area (Å²) in [5, 5.41) is 18.3. The van der Waals surface area contributed by atoms with Crippen LogP contribution in [0.1, 0.15) is 83.5 Å². The van der Waals surface area contributed by atoms with Crippen LogP contribution in [0, 0.1) is 11.3 Å². The van der Waals surface area contributed by atoms with E-state index in [4.69, 9.17) is 9.72 Å². The Hall–Kier alpha value is -3.83. The van der Waals surface area contributed by atoms with Gasteiger partial charge in [-0.05, 0) is 76.0 Å². The van der Waals surface area contributed by atoms with Crippen molar-refractivity contribution >= 4 is 40.7 Å². The number of esters is 1. The number of amides is 3. The predicted molar refractivity (Wildman–Crippen MR) is 164 cm³/mol. The van der Waals surface area contributed by atoms with E-state index in [1.807, 2.05) is 49.4 Å². The molecule has 1 spiro atoms. The molecule has 1 aromatic heterocycles. The molecule has 44 heavy (non-hydrogen) atoms. The normalized spacial score (nSPS) is 31.5. The Balaban J connectivity index is 1.53. The van der Waals surface area contributed by atoms with Crippen LogP contribution in [-0.4, -0.2) is 69.6 Å². The summed E-state index contributed by atoms with van der Waals surface area (Å²) in [5.74, 6) is -2.09. The number of aromatic nitrogens is 1. The molecule has 11 heteroatoms. The average Bonchev–Trinajstić information content (AvgIpc) is 3.01. The van der Waals surface area contributed by atoms with Gasteiger partial charge < -0.3 is 20.5 Å². The summed E-state index contributed by atoms with van der Waals surface area (Å²) >= 11 is 0. The lowest BCUT2D eigenvalue weighted by atomic mass is 9.72. The third-order valence-corrected chi connectivity index (χ3v) is 8.98. The molecule has 2 aromatic rings. The smallest absolute Gasteiger partial charge is 0.316 e. The van der Waals surface area contributed by atoms with E-state index in [2.05, 4.69) is 16.1 Å². The number of rotatable bonds is 1. The van der Waals surface area contributed by atoms with Crippen LogP contribution in [0.25, 0.3) is 17.0 Å². The van der Waals surface area contributed by atoms with Gasteiger partial charge in [-0.3, -0.25) is 29.2 Å². The van der Waals surface area contributed by atoms with Crippen LogP contribution in [-0.2, 0) is 23.9 Å². The monoisotopic (exact) mass is 605 g/mol. The SMILES string of the molecule is CC(C)[C@@H]1OC(=O)[C@]2(/C=C/c3ccc4ccc(nc4c3)[C@@H](C)NC(=O)[C@@H]3CCCN(N3)C(=O)[C@H](C)NC1=O)CC[C@H](O)CC2. The van der Waals surface area contributed by atoms with Crippen molar-refractivity contribution in [2.75, 3.05) is 6.54 Å². The minimum Gasteiger partial charge on any atom is -0.451 e. The fourth-order valence-corrected chi connectivity index (χ4v) is 6.15. The van der Waals surface area contributed by atoms with Gasteiger partial charge in [0.1, 0.15) is 12.1 Å². The molecule has 3 heterocycles. The molecule has 0 unspecified atom stereocenters. The molecule has 4 N–H and O–H groups in total. The molecule has 11 nitrogen and oxygen atoms in total. The maximum Gasteiger partial charge on any atom is 0.316 e. The Bertz CT molecular complexity index is 1450. The number of hydrogen-bond donors (Lipinski definition) is 4. The summed E-state index contributed by atoms with van der Waals surface area (Å²) in [6.07, 6.45) is 4.84. The maximum absolute atomic E-state index is 13.9. The Labute approximate surface area is 257 Å². The number of carbonyl (C=O) groups is 4. The number of hydrazine groups is 1. The second kappa shape index (κ2) is 13.0. The predicted octanol–water partition coefficient (Wildman–Crippen LogP) is 2.93. The average molecular weight is 606 g/mol. The van der Waals surface area contributed by atoms with Gasteiger partial charge in [-0.15, -0.1) is 0 Å². The van der Waals surface area contributed by atoms with Crippen molar-refractivity contribution in [2.24, 2.45) is 11.3 Å². The van der Waals surface area contributed by atoms with Crippen molar-refractivity contribution in [3.63, 3.8) is 0 Å². The number of carbonyl (C=O) groups excluding carboxylic acids is 4. The van der Waals surface area contributed by atoms with Crippen LogP contribution >= 0.6 is 0 Å². The standard InChI is InChI=1S/C33H43N5O6/c1-19(2)28-30(41)35-21(4)31(42)38-17-5-6-26(37-38)29(40)34-20(3)25-10-9-23-8-7-22(18-27(23)36-25)11-14-33(32(43)44-28)15-12-24(39)13-16-33/h7-11,14,18-21,24,26,28,37,39H,5-6,12-13,15-17H2,1-4H3,(H,34,40)(H,35,41)/b14-11+/t20-,21+,24-,26+,28+,33+/m1/s1. The Kier molecular flexibility index (Phi) is 9.36. The van der Waals surface area contributed by atoms with Crippen molar-refractivity contribution in [1.29, 1.82) is 0 Å². The van der Waals surface area contributed by atoms with E-state index >= 15 is 0 Å². The van der Waals surface area contributed by atoms with Crippen molar-refractivity contribution in [3.8, 4) is 0 Å². The van der Waals surface area contributed by atoms with Crippen LogP contribution in [0.15, 0.2) is 36.4 Å². The van der Waals surface area contributed by atoms with Crippen molar-refractivity contribution in [1.82, 2.24) is 26.1 Å². The number of aliphatic hydroxyl groups excluding tert-OH is 1. The van der Waals surface area contributed by atoms with Gasteiger partial charge in [-0.2, -0.15) is 0 Å².